The van der Waals surface area contributed by atoms with Crippen LogP contribution in [0.1, 0.15) is 75.7 Å². The summed E-state index contributed by atoms with van der Waals surface area (Å²) in [5.74, 6) is 0. The molecule has 0 radical (unpaired) electrons. The van der Waals surface area contributed by atoms with Gasteiger partial charge in [-0.15, -0.1) is 0 Å². The molecule has 0 fully saturated rings. The Morgan fingerprint density at radius 2 is 0.882 bits per heavy atom. The van der Waals surface area contributed by atoms with Crippen molar-refractivity contribution in [2.75, 3.05) is 0 Å². The molecule has 0 N–H and O–H groups in total. The molecule has 100 valence electrons. The fourth-order valence-electron chi connectivity index (χ4n) is 4.74. The molecular weight excluding hydrogens is 204 g/mol. The van der Waals surface area contributed by atoms with Crippen LogP contribution in [0.3, 0.4) is 0 Å². The third-order valence-corrected chi connectivity index (χ3v) is 3.99. The fourth-order valence-corrected chi connectivity index (χ4v) is 4.74. The predicted octanol–water partition coefficient (Wildman–Crippen LogP) is 5.83. The lowest BCUT2D eigenvalue weighted by atomic mass is 9.68. The van der Waals surface area contributed by atoms with Gasteiger partial charge in [-0.05, 0) is 28.1 Å². The summed E-state index contributed by atoms with van der Waals surface area (Å²) in [4.78, 5) is 0. The third kappa shape index (κ3) is 2.61. The van der Waals surface area contributed by atoms with E-state index in [1.54, 1.807) is 11.1 Å². The maximum Gasteiger partial charge on any atom is -0.0128 e. The van der Waals surface area contributed by atoms with E-state index in [2.05, 4.69) is 69.2 Å². The first-order valence-electron chi connectivity index (χ1n) is 6.96. The summed E-state index contributed by atoms with van der Waals surface area (Å²) >= 11 is 0. The Balaban J connectivity index is 3.58. The molecule has 0 atom stereocenters. The summed E-state index contributed by atoms with van der Waals surface area (Å²) < 4.78 is 0. The predicted molar refractivity (Wildman–Crippen MR) is 78.1 cm³/mol. The van der Waals surface area contributed by atoms with Crippen molar-refractivity contribution in [3.8, 4) is 0 Å². The van der Waals surface area contributed by atoms with E-state index in [9.17, 15) is 0 Å². The average molecular weight is 236 g/mol. The maximum atomic E-state index is 2.42. The summed E-state index contributed by atoms with van der Waals surface area (Å²) in [6, 6.07) is 0. The van der Waals surface area contributed by atoms with Gasteiger partial charge in [-0.25, -0.2) is 0 Å². The van der Waals surface area contributed by atoms with Gasteiger partial charge in [0.05, 0.1) is 0 Å². The highest BCUT2D eigenvalue weighted by Crippen LogP contribution is 2.61. The molecule has 0 nitrogen and oxygen atoms in total. The van der Waals surface area contributed by atoms with Crippen molar-refractivity contribution in [1.29, 1.82) is 0 Å². The first kappa shape index (κ1) is 14.8. The van der Waals surface area contributed by atoms with Gasteiger partial charge >= 0.3 is 0 Å². The van der Waals surface area contributed by atoms with Crippen molar-refractivity contribution >= 4 is 0 Å². The lowest BCUT2D eigenvalue weighted by molar-refractivity contribution is 0.274. The molecule has 0 unspecified atom stereocenters. The summed E-state index contributed by atoms with van der Waals surface area (Å²) in [6.07, 6.45) is 1.28. The van der Waals surface area contributed by atoms with E-state index in [0.717, 1.165) is 0 Å². The van der Waals surface area contributed by atoms with Crippen LogP contribution < -0.4 is 0 Å². The summed E-state index contributed by atoms with van der Waals surface area (Å²) in [5, 5.41) is 0. The second kappa shape index (κ2) is 3.62. The van der Waals surface area contributed by atoms with Gasteiger partial charge in [0, 0.05) is 0 Å². The van der Waals surface area contributed by atoms with E-state index in [1.807, 2.05) is 0 Å². The van der Waals surface area contributed by atoms with Crippen molar-refractivity contribution in [3.63, 3.8) is 0 Å². The van der Waals surface area contributed by atoms with Gasteiger partial charge < -0.3 is 0 Å². The molecule has 0 aromatic carbocycles. The van der Waals surface area contributed by atoms with Crippen LogP contribution in [0, 0.1) is 21.7 Å². The van der Waals surface area contributed by atoms with Crippen LogP contribution in [0.25, 0.3) is 0 Å². The van der Waals surface area contributed by atoms with Crippen LogP contribution in [0.15, 0.2) is 11.1 Å². The monoisotopic (exact) mass is 236 g/mol. The molecule has 17 heavy (non-hydrogen) atoms. The lowest BCUT2D eigenvalue weighted by Crippen LogP contribution is -2.25. The Morgan fingerprint density at radius 3 is 1.06 bits per heavy atom. The highest BCUT2D eigenvalue weighted by atomic mass is 14.5. The fraction of sp³-hybridized carbons (Fsp3) is 0.882. The molecule has 0 saturated carbocycles. The van der Waals surface area contributed by atoms with Crippen LogP contribution in [-0.2, 0) is 0 Å². The van der Waals surface area contributed by atoms with Gasteiger partial charge in [0.1, 0.15) is 0 Å². The smallest absolute Gasteiger partial charge is 0.0128 e. The standard InChI is InChI=1S/C17H32/c1-14(2,3)12-13(15(4,5)6)17(9,10)11-16(12,7)8/h11H2,1-10H3. The van der Waals surface area contributed by atoms with E-state index in [4.69, 9.17) is 0 Å². The Morgan fingerprint density at radius 1 is 0.647 bits per heavy atom. The minimum Gasteiger partial charge on any atom is -0.0589 e. The van der Waals surface area contributed by atoms with Crippen LogP contribution >= 0.6 is 0 Å². The molecule has 0 aromatic rings. The SMILES string of the molecule is CC(C)(C)C1=C(C(C)(C)C)C(C)(C)CC1(C)C. The average Bonchev–Trinajstić information content (AvgIpc) is 2.10. The zero-order chi connectivity index (χ0) is 13.9. The second-order valence-electron chi connectivity index (χ2n) is 9.19. The van der Waals surface area contributed by atoms with E-state index < -0.39 is 0 Å². The van der Waals surface area contributed by atoms with E-state index in [-0.39, 0.29) is 10.8 Å². The van der Waals surface area contributed by atoms with Crippen LogP contribution in [0.2, 0.25) is 0 Å². The maximum absolute atomic E-state index is 2.42. The topological polar surface area (TPSA) is 0 Å². The van der Waals surface area contributed by atoms with Crippen molar-refractivity contribution < 1.29 is 0 Å². The van der Waals surface area contributed by atoms with Gasteiger partial charge in [-0.2, -0.15) is 0 Å². The molecule has 0 aromatic heterocycles. The quantitative estimate of drug-likeness (QED) is 0.464. The van der Waals surface area contributed by atoms with Crippen molar-refractivity contribution in [2.24, 2.45) is 21.7 Å². The van der Waals surface area contributed by atoms with Gasteiger partial charge in [0.15, 0.2) is 0 Å². The zero-order valence-electron chi connectivity index (χ0n) is 13.7. The molecule has 1 aliphatic carbocycles. The minimum atomic E-state index is 0.278. The van der Waals surface area contributed by atoms with Gasteiger partial charge in [0.25, 0.3) is 0 Å². The molecule has 0 heteroatoms. The van der Waals surface area contributed by atoms with Gasteiger partial charge in [0.2, 0.25) is 0 Å². The first-order valence-corrected chi connectivity index (χ1v) is 6.96. The van der Waals surface area contributed by atoms with Crippen LogP contribution in [0.4, 0.5) is 0 Å². The first-order chi connectivity index (χ1) is 7.20. The summed E-state index contributed by atoms with van der Waals surface area (Å²) in [6.45, 7) is 23.9. The molecular formula is C17H32. The second-order valence-corrected chi connectivity index (χ2v) is 9.19. The highest BCUT2D eigenvalue weighted by molar-refractivity contribution is 5.39. The third-order valence-electron chi connectivity index (χ3n) is 3.99. The van der Waals surface area contributed by atoms with E-state index >= 15 is 0 Å². The minimum absolute atomic E-state index is 0.278. The van der Waals surface area contributed by atoms with E-state index in [1.165, 1.54) is 6.42 Å². The molecule has 0 heterocycles. The molecule has 0 saturated heterocycles. The Kier molecular flexibility index (Phi) is 3.15. The number of allylic oxidation sites excluding steroid dienone is 2. The zero-order valence-corrected chi connectivity index (χ0v) is 13.7. The Bertz CT molecular complexity index is 303. The largest absolute Gasteiger partial charge is 0.0589 e. The molecule has 1 rings (SSSR count). The number of hydrogen-bond donors (Lipinski definition) is 0. The van der Waals surface area contributed by atoms with Crippen LogP contribution in [-0.4, -0.2) is 0 Å². The lowest BCUT2D eigenvalue weighted by Gasteiger charge is -2.37. The van der Waals surface area contributed by atoms with Gasteiger partial charge in [-0.1, -0.05) is 80.4 Å². The Hall–Kier alpha value is -0.260. The molecule has 0 bridgehead atoms. The molecule has 1 aliphatic rings. The summed E-state index contributed by atoms with van der Waals surface area (Å²) in [7, 11) is 0. The normalized spacial score (nSPS) is 24.4. The van der Waals surface area contributed by atoms with E-state index in [0.29, 0.717) is 10.8 Å². The molecule has 0 amide bonds. The summed E-state index contributed by atoms with van der Waals surface area (Å²) in [5.41, 5.74) is 4.62. The number of rotatable bonds is 0. The van der Waals surface area contributed by atoms with Crippen LogP contribution in [0.5, 0.6) is 0 Å². The Labute approximate surface area is 109 Å². The molecule has 0 aliphatic heterocycles. The molecule has 0 spiro atoms. The van der Waals surface area contributed by atoms with Crippen molar-refractivity contribution in [3.05, 3.63) is 11.1 Å². The number of hydrogen-bond acceptors (Lipinski definition) is 0. The van der Waals surface area contributed by atoms with Gasteiger partial charge in [-0.3, -0.25) is 0 Å². The highest BCUT2D eigenvalue weighted by Gasteiger charge is 2.50. The van der Waals surface area contributed by atoms with Crippen molar-refractivity contribution in [2.45, 2.75) is 75.7 Å². The van der Waals surface area contributed by atoms with Crippen molar-refractivity contribution in [1.82, 2.24) is 0 Å².